The normalized spacial score (nSPS) is 18.3. The van der Waals surface area contributed by atoms with Crippen molar-refractivity contribution >= 4 is 90.5 Å². The number of nitrogens with zero attached hydrogens (tertiary/aromatic N) is 22. The molecule has 16 aromatic rings. The molecule has 12 aromatic heterocycles. The van der Waals surface area contributed by atoms with Crippen LogP contribution in [-0.2, 0) is 40.8 Å². The number of aryl methyl sites for hydroxylation is 3. The topological polar surface area (TPSA) is 237 Å². The Hall–Kier alpha value is -10.8. The first-order valence-corrected chi connectivity index (χ1v) is 41.4. The molecule has 5 fully saturated rings. The quantitative estimate of drug-likeness (QED) is 0.0815. The van der Waals surface area contributed by atoms with Crippen LogP contribution in [0.5, 0.6) is 0 Å². The van der Waals surface area contributed by atoms with Gasteiger partial charge in [0.15, 0.2) is 28.4 Å². The van der Waals surface area contributed by atoms with Crippen LogP contribution in [0, 0.1) is 0 Å². The minimum Gasteiger partial charge on any atom is -0.349 e. The van der Waals surface area contributed by atoms with E-state index in [9.17, 15) is 0 Å². The van der Waals surface area contributed by atoms with Crippen LogP contribution in [0.4, 0.5) is 0 Å². The summed E-state index contributed by atoms with van der Waals surface area (Å²) in [4.78, 5) is 4.83. The van der Waals surface area contributed by atoms with Crippen LogP contribution in [0.3, 0.4) is 0 Å². The van der Waals surface area contributed by atoms with Gasteiger partial charge in [0.05, 0.1) is 84.4 Å². The second-order valence-corrected chi connectivity index (χ2v) is 32.2. The van der Waals surface area contributed by atoms with Gasteiger partial charge in [-0.2, -0.15) is 20.4 Å². The van der Waals surface area contributed by atoms with Gasteiger partial charge in [0.2, 0.25) is 0 Å². The third-order valence-electron chi connectivity index (χ3n) is 23.1. The van der Waals surface area contributed by atoms with Crippen molar-refractivity contribution in [3.63, 3.8) is 0 Å². The average Bonchev–Trinajstić information content (AvgIpc) is 1.60. The first kappa shape index (κ1) is 76.5. The molecule has 29 heteroatoms. The zero-order chi connectivity index (χ0) is 78.9. The first-order chi connectivity index (χ1) is 56.8. The number of benzene rings is 4. The van der Waals surface area contributed by atoms with Gasteiger partial charge in [-0.15, -0.1) is 40.8 Å². The van der Waals surface area contributed by atoms with Crippen LogP contribution in [0.15, 0.2) is 201 Å². The molecule has 116 heavy (non-hydrogen) atoms. The Morgan fingerprint density at radius 1 is 0.362 bits per heavy atom. The molecule has 3 N–H and O–H groups in total. The van der Waals surface area contributed by atoms with Crippen molar-refractivity contribution in [3.05, 3.63) is 221 Å². The maximum Gasteiger partial charge on any atom is 0.184 e. The lowest BCUT2D eigenvalue weighted by atomic mass is 10.00. The second-order valence-electron chi connectivity index (χ2n) is 30.7. The molecule has 0 saturated carbocycles. The lowest BCUT2D eigenvalue weighted by molar-refractivity contribution is 0.149. The van der Waals surface area contributed by atoms with Crippen molar-refractivity contribution in [2.75, 3.05) is 52.9 Å². The number of nitrogens with one attached hydrogen (secondary N) is 3. The van der Waals surface area contributed by atoms with Gasteiger partial charge in [-0.3, -0.25) is 4.90 Å². The molecule has 5 saturated heterocycles. The summed E-state index contributed by atoms with van der Waals surface area (Å²) in [6, 6.07) is 58.2. The van der Waals surface area contributed by atoms with Crippen molar-refractivity contribution in [1.29, 1.82) is 0 Å². The molecule has 0 aliphatic carbocycles. The van der Waals surface area contributed by atoms with Crippen LogP contribution in [-0.4, -0.2) is 185 Å². The van der Waals surface area contributed by atoms with Crippen molar-refractivity contribution in [1.82, 2.24) is 124 Å². The van der Waals surface area contributed by atoms with Crippen molar-refractivity contribution in [2.24, 2.45) is 21.1 Å². The molecule has 5 aliphatic rings. The van der Waals surface area contributed by atoms with Gasteiger partial charge in [-0.1, -0.05) is 168 Å². The molecule has 0 radical (unpaired) electrons. The van der Waals surface area contributed by atoms with Gasteiger partial charge in [0.25, 0.3) is 0 Å². The lowest BCUT2D eigenvalue weighted by Gasteiger charge is -2.32. The van der Waals surface area contributed by atoms with Crippen LogP contribution in [0.1, 0.15) is 57.4 Å². The number of aromatic nitrogens is 20. The molecule has 2 bridgehead atoms. The third kappa shape index (κ3) is 15.4. The number of hydrogen-bond donors (Lipinski definition) is 3. The molecular weight excluding hydrogens is 1540 g/mol. The summed E-state index contributed by atoms with van der Waals surface area (Å²) in [7, 11) is 8.23. The predicted octanol–water partition coefficient (Wildman–Crippen LogP) is 15.6. The highest BCUT2D eigenvalue weighted by Crippen LogP contribution is 2.44. The summed E-state index contributed by atoms with van der Waals surface area (Å²) >= 11 is 27.7. The summed E-state index contributed by atoms with van der Waals surface area (Å²) < 4.78 is 16.1. The highest BCUT2D eigenvalue weighted by molar-refractivity contribution is 6.40. The fraction of sp³-hybridized carbons (Fsp3) is 0.310. The number of rotatable bonds is 16. The van der Waals surface area contributed by atoms with E-state index in [1.807, 2.05) is 222 Å². The van der Waals surface area contributed by atoms with Crippen LogP contribution in [0.25, 0.3) is 129 Å². The fourth-order valence-corrected chi connectivity index (χ4v) is 18.2. The second kappa shape index (κ2) is 33.8. The molecule has 21 rings (SSSR count). The largest absolute Gasteiger partial charge is 0.349 e. The number of hydrogen-bond acceptors (Lipinski definition) is 17. The Bertz CT molecular complexity index is 5890. The van der Waals surface area contributed by atoms with E-state index >= 15 is 0 Å². The van der Waals surface area contributed by atoms with E-state index < -0.39 is 0 Å². The fourth-order valence-electron chi connectivity index (χ4n) is 16.9. The van der Waals surface area contributed by atoms with Gasteiger partial charge in [-0.25, -0.2) is 18.7 Å². The summed E-state index contributed by atoms with van der Waals surface area (Å²) in [5.41, 5.74) is 15.1. The Morgan fingerprint density at radius 3 is 1.15 bits per heavy atom. The summed E-state index contributed by atoms with van der Waals surface area (Å²) in [5.74, 6) is 0.783. The van der Waals surface area contributed by atoms with E-state index in [2.05, 4.69) is 110 Å². The van der Waals surface area contributed by atoms with Crippen LogP contribution in [0.2, 0.25) is 20.1 Å². The van der Waals surface area contributed by atoms with Gasteiger partial charge in [0.1, 0.15) is 39.9 Å². The number of likely N-dealkylation sites (N-methyl/N-ethyl adjacent to an activating group) is 1. The Kier molecular flexibility index (Phi) is 22.3. The van der Waals surface area contributed by atoms with E-state index in [0.717, 1.165) is 197 Å². The highest BCUT2D eigenvalue weighted by Gasteiger charge is 2.37. The number of fused-ring (bicyclic) bond motifs is 6. The maximum absolute atomic E-state index is 7.00. The average molecular weight is 1630 g/mol. The third-order valence-corrected chi connectivity index (χ3v) is 24.5. The highest BCUT2D eigenvalue weighted by atomic mass is 35.5. The number of halogens is 4. The van der Waals surface area contributed by atoms with Crippen LogP contribution >= 0.6 is 46.4 Å². The lowest BCUT2D eigenvalue weighted by Crippen LogP contribution is -2.45. The number of piperazine rings is 1. The summed E-state index contributed by atoms with van der Waals surface area (Å²) in [6.07, 6.45) is 19.3. The molecule has 1 unspecified atom stereocenters. The predicted molar refractivity (Wildman–Crippen MR) is 460 cm³/mol. The molecule has 17 heterocycles. The minimum absolute atomic E-state index is 0.313. The molecule has 590 valence electrons. The van der Waals surface area contributed by atoms with Crippen LogP contribution < -0.4 is 16.0 Å². The van der Waals surface area contributed by atoms with E-state index in [0.29, 0.717) is 73.1 Å². The van der Waals surface area contributed by atoms with Gasteiger partial charge >= 0.3 is 0 Å². The van der Waals surface area contributed by atoms with Gasteiger partial charge in [0, 0.05) is 131 Å². The van der Waals surface area contributed by atoms with Crippen molar-refractivity contribution in [3.8, 4) is 85.0 Å². The molecule has 25 nitrogen and oxygen atoms in total. The van der Waals surface area contributed by atoms with Crippen molar-refractivity contribution in [2.45, 2.75) is 101 Å². The van der Waals surface area contributed by atoms with E-state index in [-0.39, 0.29) is 0 Å². The zero-order valence-corrected chi connectivity index (χ0v) is 68.0. The minimum atomic E-state index is 0.313. The molecular formula is C87H89Cl4N25. The molecule has 5 atom stereocenters. The Labute approximate surface area is 691 Å². The van der Waals surface area contributed by atoms with E-state index in [1.54, 1.807) is 0 Å². The molecule has 0 spiro atoms. The van der Waals surface area contributed by atoms with Crippen molar-refractivity contribution < 1.29 is 0 Å². The van der Waals surface area contributed by atoms with Gasteiger partial charge < -0.3 is 39.1 Å². The van der Waals surface area contributed by atoms with E-state index in [4.69, 9.17) is 66.8 Å². The number of piperidine rings is 1. The van der Waals surface area contributed by atoms with Gasteiger partial charge in [-0.05, 0) is 120 Å². The monoisotopic (exact) mass is 1620 g/mol. The first-order valence-electron chi connectivity index (χ1n) is 39.9. The Balaban J connectivity index is 0.000000107. The van der Waals surface area contributed by atoms with E-state index in [1.165, 1.54) is 25.7 Å². The summed E-state index contributed by atoms with van der Waals surface area (Å²) in [6.45, 7) is 9.65. The molecule has 0 amide bonds. The maximum atomic E-state index is 7.00. The standard InChI is InChI=1S/C23H23ClN6.C22H24ClN7.2C21H21ClN6/c1-29-11-5-8-18(29)22-19-20(24)21(14-6-3-2-4-7-14)26-27-23(19)30(28-22)17-12-15-9-10-16(13-17)25-15;1-27-11-13-28(14-12-27)15-16-30-21-18(22(26-30)29-9-5-6-10-29)19(23)20(24-25-21)17-7-3-2-4-8-17;2*1-27-12-6-10-16(27)20-17-18(22)19(14-7-3-2-4-8-14)24-25-21(17)28(26-20)13-15-9-5-11-23-15/h2-8,11,15-17,25H,9-10,12-13H2,1H3;2-10H,11-16H2,1H3;2*2-4,6-8,10,12,15,23H,5,9,11,13H2,1H3/t15-,16+,17?;;2*15-/m..10/s1. The zero-order valence-electron chi connectivity index (χ0n) is 65.0. The molecule has 4 aromatic carbocycles. The summed E-state index contributed by atoms with van der Waals surface area (Å²) in [5, 5.41) is 72.6. The molecule has 5 aliphatic heterocycles. The Morgan fingerprint density at radius 2 is 0.750 bits per heavy atom. The smallest absolute Gasteiger partial charge is 0.184 e. The SMILES string of the molecule is CN1CCN(CCn2nc(-n3cccc3)c3c(Cl)c(-c4ccccc4)nnc32)CC1.Cn1cccc1-c1nn(C2C[C@H]3CC[C@@H](C2)N3)c2nnc(-c3ccccc3)c(Cl)c12.Cn1cccc1-c1nn(C[C@@H]2CCCN2)c2nnc(-c3ccccc3)c(Cl)c12.Cn1cccc1-c1nn(C[C@H]2CCCN2)c2nnc(-c3ccccc3)c(Cl)c12.